The maximum Gasteiger partial charge on any atom is 0.387 e. The second-order valence-corrected chi connectivity index (χ2v) is 6.38. The van der Waals surface area contributed by atoms with Crippen molar-refractivity contribution in [1.82, 2.24) is 0 Å². The number of anilines is 1. The zero-order valence-corrected chi connectivity index (χ0v) is 12.9. The number of alkyl halides is 2. The van der Waals surface area contributed by atoms with Crippen LogP contribution in [-0.2, 0) is 12.8 Å². The molecule has 7 heteroatoms. The molecule has 0 atom stereocenters. The molecule has 0 radical (unpaired) electrons. The van der Waals surface area contributed by atoms with Crippen molar-refractivity contribution < 1.29 is 22.7 Å². The van der Waals surface area contributed by atoms with E-state index in [9.17, 15) is 18.0 Å². The molecule has 23 heavy (non-hydrogen) atoms. The van der Waals surface area contributed by atoms with Crippen LogP contribution < -0.4 is 10.1 Å². The normalized spacial score (nSPS) is 13.7. The van der Waals surface area contributed by atoms with Crippen molar-refractivity contribution in [3.05, 3.63) is 45.4 Å². The molecule has 0 unspecified atom stereocenters. The van der Waals surface area contributed by atoms with Gasteiger partial charge in [-0.15, -0.1) is 11.3 Å². The maximum absolute atomic E-state index is 13.2. The van der Waals surface area contributed by atoms with Crippen LogP contribution in [0.5, 0.6) is 5.75 Å². The molecular formula is C16H14F3NO2S. The van der Waals surface area contributed by atoms with Crippen molar-refractivity contribution in [3.63, 3.8) is 0 Å². The Morgan fingerprint density at radius 1 is 1.22 bits per heavy atom. The third-order valence-electron chi connectivity index (χ3n) is 3.63. The van der Waals surface area contributed by atoms with Gasteiger partial charge in [0.25, 0.3) is 5.91 Å². The fourth-order valence-corrected chi connectivity index (χ4v) is 3.73. The highest BCUT2D eigenvalue weighted by Crippen LogP contribution is 2.32. The fourth-order valence-electron chi connectivity index (χ4n) is 2.58. The Bertz CT molecular complexity index is 707. The lowest BCUT2D eigenvalue weighted by Gasteiger charge is -2.11. The molecule has 122 valence electrons. The van der Waals surface area contributed by atoms with E-state index < -0.39 is 24.1 Å². The van der Waals surface area contributed by atoms with Gasteiger partial charge in [0.15, 0.2) is 5.75 Å². The molecule has 0 bridgehead atoms. The number of ether oxygens (including phenoxy) is 1. The summed E-state index contributed by atoms with van der Waals surface area (Å²) in [6.07, 6.45) is 4.13. The van der Waals surface area contributed by atoms with Crippen molar-refractivity contribution in [1.29, 1.82) is 0 Å². The highest BCUT2D eigenvalue weighted by molar-refractivity contribution is 7.14. The monoisotopic (exact) mass is 341 g/mol. The quantitative estimate of drug-likeness (QED) is 0.881. The molecule has 1 N–H and O–H groups in total. The van der Waals surface area contributed by atoms with Crippen LogP contribution in [0.25, 0.3) is 0 Å². The number of rotatable bonds is 4. The maximum atomic E-state index is 13.2. The number of nitrogens with one attached hydrogen (secondary N) is 1. The number of benzene rings is 1. The number of carbonyl (C=O) groups is 1. The molecule has 1 aliphatic carbocycles. The summed E-state index contributed by atoms with van der Waals surface area (Å²) in [4.78, 5) is 14.0. The van der Waals surface area contributed by atoms with Gasteiger partial charge < -0.3 is 10.1 Å². The highest BCUT2D eigenvalue weighted by atomic mass is 32.1. The Hall–Kier alpha value is -2.02. The van der Waals surface area contributed by atoms with E-state index in [1.54, 1.807) is 0 Å². The van der Waals surface area contributed by atoms with Crippen LogP contribution in [0.1, 0.15) is 33.0 Å². The zero-order valence-electron chi connectivity index (χ0n) is 12.1. The highest BCUT2D eigenvalue weighted by Gasteiger charge is 2.19. The first-order valence-corrected chi connectivity index (χ1v) is 8.02. The van der Waals surface area contributed by atoms with Gasteiger partial charge in [-0.3, -0.25) is 4.79 Å². The molecular weight excluding hydrogens is 327 g/mol. The Labute approximate surface area is 135 Å². The average molecular weight is 341 g/mol. The van der Waals surface area contributed by atoms with Crippen LogP contribution in [0.3, 0.4) is 0 Å². The predicted molar refractivity (Wildman–Crippen MR) is 81.9 cm³/mol. The molecule has 0 spiro atoms. The molecule has 1 heterocycles. The molecule has 1 amide bonds. The van der Waals surface area contributed by atoms with E-state index in [2.05, 4.69) is 10.1 Å². The molecule has 1 aromatic heterocycles. The van der Waals surface area contributed by atoms with Gasteiger partial charge >= 0.3 is 6.61 Å². The third-order valence-corrected chi connectivity index (χ3v) is 4.86. The van der Waals surface area contributed by atoms with Gasteiger partial charge in [-0.05, 0) is 49.4 Å². The zero-order chi connectivity index (χ0) is 16.4. The SMILES string of the molecule is O=C(Nc1ccc(F)cc1OC(F)F)c1cc2c(s1)CCCC2. The topological polar surface area (TPSA) is 38.3 Å². The van der Waals surface area contributed by atoms with Gasteiger partial charge in [0, 0.05) is 10.9 Å². The Morgan fingerprint density at radius 3 is 2.74 bits per heavy atom. The lowest BCUT2D eigenvalue weighted by Crippen LogP contribution is -2.13. The van der Waals surface area contributed by atoms with E-state index in [0.29, 0.717) is 4.88 Å². The van der Waals surface area contributed by atoms with Gasteiger partial charge in [-0.1, -0.05) is 0 Å². The standard InChI is InChI=1S/C16H14F3NO2S/c17-10-5-6-11(12(8-10)22-16(18)19)20-15(21)14-7-9-3-1-2-4-13(9)23-14/h5-8,16H,1-4H2,(H,20,21). The lowest BCUT2D eigenvalue weighted by molar-refractivity contribution is -0.0495. The van der Waals surface area contributed by atoms with E-state index >= 15 is 0 Å². The Morgan fingerprint density at radius 2 is 2.00 bits per heavy atom. The van der Waals surface area contributed by atoms with Crippen LogP contribution in [0, 0.1) is 5.82 Å². The average Bonchev–Trinajstić information content (AvgIpc) is 2.93. The Kier molecular flexibility index (Phi) is 4.56. The van der Waals surface area contributed by atoms with Crippen molar-refractivity contribution >= 4 is 22.9 Å². The molecule has 3 rings (SSSR count). The summed E-state index contributed by atoms with van der Waals surface area (Å²) < 4.78 is 42.2. The lowest BCUT2D eigenvalue weighted by atomic mass is 9.99. The number of hydrogen-bond acceptors (Lipinski definition) is 3. The van der Waals surface area contributed by atoms with E-state index in [-0.39, 0.29) is 5.69 Å². The minimum Gasteiger partial charge on any atom is -0.432 e. The summed E-state index contributed by atoms with van der Waals surface area (Å²) in [5.41, 5.74) is 1.19. The van der Waals surface area contributed by atoms with E-state index in [0.717, 1.165) is 37.8 Å². The van der Waals surface area contributed by atoms with Gasteiger partial charge in [-0.2, -0.15) is 8.78 Å². The van der Waals surface area contributed by atoms with Crippen molar-refractivity contribution in [2.45, 2.75) is 32.3 Å². The fraction of sp³-hybridized carbons (Fsp3) is 0.312. The van der Waals surface area contributed by atoms with Crippen molar-refractivity contribution in [2.24, 2.45) is 0 Å². The molecule has 2 aromatic rings. The number of carbonyl (C=O) groups excluding carboxylic acids is 1. The summed E-state index contributed by atoms with van der Waals surface area (Å²) in [6.45, 7) is -3.10. The second-order valence-electron chi connectivity index (χ2n) is 5.24. The third kappa shape index (κ3) is 3.67. The Balaban J connectivity index is 1.81. The molecule has 0 aliphatic heterocycles. The molecule has 1 aliphatic rings. The first-order chi connectivity index (χ1) is 11.0. The van der Waals surface area contributed by atoms with Crippen LogP contribution in [0.2, 0.25) is 0 Å². The van der Waals surface area contributed by atoms with Gasteiger partial charge in [0.05, 0.1) is 10.6 Å². The minimum atomic E-state index is -3.10. The number of hydrogen-bond donors (Lipinski definition) is 1. The molecule has 3 nitrogen and oxygen atoms in total. The summed E-state index contributed by atoms with van der Waals surface area (Å²) in [7, 11) is 0. The largest absolute Gasteiger partial charge is 0.432 e. The molecule has 0 fully saturated rings. The van der Waals surface area contributed by atoms with Crippen molar-refractivity contribution in [3.8, 4) is 5.75 Å². The summed E-state index contributed by atoms with van der Waals surface area (Å²) >= 11 is 1.41. The second kappa shape index (κ2) is 6.62. The minimum absolute atomic E-state index is 0.0167. The van der Waals surface area contributed by atoms with Crippen LogP contribution in [0.4, 0.5) is 18.9 Å². The number of thiophene rings is 1. The number of fused-ring (bicyclic) bond motifs is 1. The summed E-state index contributed by atoms with van der Waals surface area (Å²) in [5, 5.41) is 2.52. The van der Waals surface area contributed by atoms with Crippen LogP contribution in [-0.4, -0.2) is 12.5 Å². The van der Waals surface area contributed by atoms with Crippen LogP contribution in [0.15, 0.2) is 24.3 Å². The first-order valence-electron chi connectivity index (χ1n) is 7.20. The first kappa shape index (κ1) is 15.9. The van der Waals surface area contributed by atoms with E-state index in [1.807, 2.05) is 6.07 Å². The van der Waals surface area contributed by atoms with Gasteiger partial charge in [-0.25, -0.2) is 4.39 Å². The summed E-state index contributed by atoms with van der Waals surface area (Å²) in [6, 6.07) is 4.94. The van der Waals surface area contributed by atoms with Crippen LogP contribution >= 0.6 is 11.3 Å². The van der Waals surface area contributed by atoms with Crippen molar-refractivity contribution in [2.75, 3.05) is 5.32 Å². The predicted octanol–water partition coefficient (Wildman–Crippen LogP) is 4.62. The smallest absolute Gasteiger partial charge is 0.387 e. The van der Waals surface area contributed by atoms with Gasteiger partial charge in [0.2, 0.25) is 0 Å². The number of halogens is 3. The number of amides is 1. The molecule has 0 saturated heterocycles. The molecule has 1 aromatic carbocycles. The molecule has 0 saturated carbocycles. The summed E-state index contributed by atoms with van der Waals surface area (Å²) in [5.74, 6) is -1.52. The number of aryl methyl sites for hydroxylation is 2. The van der Waals surface area contributed by atoms with Gasteiger partial charge in [0.1, 0.15) is 5.82 Å². The van der Waals surface area contributed by atoms with E-state index in [4.69, 9.17) is 0 Å². The van der Waals surface area contributed by atoms with E-state index in [1.165, 1.54) is 27.8 Å².